The number of nitrogens with zero attached hydrogens (tertiary/aromatic N) is 2. The molecule has 1 saturated heterocycles. The smallest absolute Gasteiger partial charge is 0.410 e. The molecule has 2 fully saturated rings. The van der Waals surface area contributed by atoms with Gasteiger partial charge in [-0.25, -0.2) is 4.79 Å². The fourth-order valence-corrected chi connectivity index (χ4v) is 3.43. The zero-order valence-corrected chi connectivity index (χ0v) is 14.8. The standard InChI is InChI=1S/C17H32N2O4/c1-16(2,3)23-15(21)19-11-14(12-19)18(9-10-20)13-17(22)7-5-4-6-8-17/h14,20,22H,4-13H2,1-3H3. The van der Waals surface area contributed by atoms with Gasteiger partial charge in [-0.15, -0.1) is 0 Å². The molecule has 1 amide bonds. The van der Waals surface area contributed by atoms with Crippen LogP contribution in [0.1, 0.15) is 52.9 Å². The van der Waals surface area contributed by atoms with E-state index >= 15 is 0 Å². The molecule has 0 aromatic carbocycles. The molecule has 1 aliphatic carbocycles. The predicted molar refractivity (Wildman–Crippen MR) is 88.3 cm³/mol. The molecule has 6 heteroatoms. The van der Waals surface area contributed by atoms with E-state index in [4.69, 9.17) is 4.74 Å². The normalized spacial score (nSPS) is 22.1. The maximum absolute atomic E-state index is 12.0. The lowest BCUT2D eigenvalue weighted by atomic mass is 9.84. The molecule has 2 rings (SSSR count). The van der Waals surface area contributed by atoms with Crippen LogP contribution in [0.15, 0.2) is 0 Å². The maximum atomic E-state index is 12.0. The van der Waals surface area contributed by atoms with Crippen LogP contribution < -0.4 is 0 Å². The van der Waals surface area contributed by atoms with Gasteiger partial charge >= 0.3 is 6.09 Å². The van der Waals surface area contributed by atoms with Gasteiger partial charge in [-0.1, -0.05) is 19.3 Å². The number of ether oxygens (including phenoxy) is 1. The average Bonchev–Trinajstić information content (AvgIpc) is 2.35. The number of carbonyl (C=O) groups excluding carboxylic acids is 1. The van der Waals surface area contributed by atoms with Crippen LogP contribution in [0.4, 0.5) is 4.79 Å². The Labute approximate surface area is 139 Å². The Bertz CT molecular complexity index is 396. The lowest BCUT2D eigenvalue weighted by Gasteiger charge is -2.48. The first-order chi connectivity index (χ1) is 10.7. The summed E-state index contributed by atoms with van der Waals surface area (Å²) in [7, 11) is 0. The number of hydrogen-bond donors (Lipinski definition) is 2. The van der Waals surface area contributed by atoms with Crippen molar-refractivity contribution in [3.63, 3.8) is 0 Å². The van der Waals surface area contributed by atoms with Crippen molar-refractivity contribution in [2.24, 2.45) is 0 Å². The number of hydrogen-bond acceptors (Lipinski definition) is 5. The van der Waals surface area contributed by atoms with E-state index in [-0.39, 0.29) is 18.7 Å². The van der Waals surface area contributed by atoms with E-state index in [1.54, 1.807) is 4.90 Å². The summed E-state index contributed by atoms with van der Waals surface area (Å²) in [4.78, 5) is 15.8. The van der Waals surface area contributed by atoms with E-state index in [0.717, 1.165) is 25.7 Å². The summed E-state index contributed by atoms with van der Waals surface area (Å²) in [5.74, 6) is 0. The molecule has 0 spiro atoms. The summed E-state index contributed by atoms with van der Waals surface area (Å²) in [6, 6.07) is 0.195. The zero-order valence-electron chi connectivity index (χ0n) is 14.8. The molecule has 1 aliphatic heterocycles. The second-order valence-electron chi connectivity index (χ2n) is 8.02. The van der Waals surface area contributed by atoms with Crippen LogP contribution in [0.25, 0.3) is 0 Å². The van der Waals surface area contributed by atoms with Gasteiger partial charge in [0, 0.05) is 32.2 Å². The molecule has 1 heterocycles. The summed E-state index contributed by atoms with van der Waals surface area (Å²) in [5.41, 5.74) is -1.12. The number of aliphatic hydroxyl groups is 2. The van der Waals surface area contributed by atoms with Crippen molar-refractivity contribution < 1.29 is 19.7 Å². The SMILES string of the molecule is CC(C)(C)OC(=O)N1CC(N(CCO)CC2(O)CCCCC2)C1. The summed E-state index contributed by atoms with van der Waals surface area (Å²) < 4.78 is 5.37. The number of amides is 1. The van der Waals surface area contributed by atoms with Crippen LogP contribution >= 0.6 is 0 Å². The second kappa shape index (κ2) is 7.36. The Balaban J connectivity index is 1.85. The van der Waals surface area contributed by atoms with E-state index in [0.29, 0.717) is 26.2 Å². The lowest BCUT2D eigenvalue weighted by molar-refractivity contribution is -0.0650. The van der Waals surface area contributed by atoms with Gasteiger partial charge in [-0.3, -0.25) is 4.90 Å². The van der Waals surface area contributed by atoms with Gasteiger partial charge in [0.25, 0.3) is 0 Å². The molecule has 0 unspecified atom stereocenters. The molecule has 1 saturated carbocycles. The third-order valence-electron chi connectivity index (χ3n) is 4.70. The van der Waals surface area contributed by atoms with Gasteiger partial charge < -0.3 is 19.8 Å². The van der Waals surface area contributed by atoms with Crippen molar-refractivity contribution in [3.8, 4) is 0 Å². The Morgan fingerprint density at radius 2 is 1.87 bits per heavy atom. The van der Waals surface area contributed by atoms with Crippen molar-refractivity contribution in [3.05, 3.63) is 0 Å². The Morgan fingerprint density at radius 3 is 2.39 bits per heavy atom. The van der Waals surface area contributed by atoms with Crippen molar-refractivity contribution >= 4 is 6.09 Å². The van der Waals surface area contributed by atoms with E-state index in [1.807, 2.05) is 20.8 Å². The molecule has 0 bridgehead atoms. The predicted octanol–water partition coefficient (Wildman–Crippen LogP) is 1.60. The van der Waals surface area contributed by atoms with Crippen LogP contribution in [0.5, 0.6) is 0 Å². The van der Waals surface area contributed by atoms with Crippen LogP contribution in [0.3, 0.4) is 0 Å². The molecule has 0 aromatic heterocycles. The fourth-order valence-electron chi connectivity index (χ4n) is 3.43. The Hall–Kier alpha value is -0.850. The van der Waals surface area contributed by atoms with Gasteiger partial charge in [-0.2, -0.15) is 0 Å². The molecular weight excluding hydrogens is 296 g/mol. The van der Waals surface area contributed by atoms with Gasteiger partial charge in [-0.05, 0) is 33.6 Å². The topological polar surface area (TPSA) is 73.2 Å². The second-order valence-corrected chi connectivity index (χ2v) is 8.02. The molecule has 6 nitrogen and oxygen atoms in total. The minimum absolute atomic E-state index is 0.0685. The minimum Gasteiger partial charge on any atom is -0.444 e. The van der Waals surface area contributed by atoms with Crippen LogP contribution in [-0.4, -0.2) is 76.1 Å². The Morgan fingerprint density at radius 1 is 1.26 bits per heavy atom. The highest BCUT2D eigenvalue weighted by Gasteiger charge is 2.40. The lowest BCUT2D eigenvalue weighted by Crippen LogP contribution is -2.64. The highest BCUT2D eigenvalue weighted by molar-refractivity contribution is 5.69. The number of likely N-dealkylation sites (tertiary alicyclic amines) is 1. The molecule has 0 radical (unpaired) electrons. The first kappa shape index (κ1) is 18.5. The first-order valence-corrected chi connectivity index (χ1v) is 8.78. The van der Waals surface area contributed by atoms with Crippen LogP contribution in [0.2, 0.25) is 0 Å². The van der Waals surface area contributed by atoms with E-state index in [2.05, 4.69) is 4.90 Å². The number of rotatable bonds is 5. The van der Waals surface area contributed by atoms with Gasteiger partial charge in [0.05, 0.1) is 12.2 Å². The number of aliphatic hydroxyl groups excluding tert-OH is 1. The highest BCUT2D eigenvalue weighted by atomic mass is 16.6. The molecule has 0 aromatic rings. The summed E-state index contributed by atoms with van der Waals surface area (Å²) >= 11 is 0. The molecule has 2 aliphatic rings. The first-order valence-electron chi connectivity index (χ1n) is 8.78. The van der Waals surface area contributed by atoms with Gasteiger partial charge in [0.1, 0.15) is 5.60 Å². The molecule has 23 heavy (non-hydrogen) atoms. The van der Waals surface area contributed by atoms with Crippen molar-refractivity contribution in [1.82, 2.24) is 9.80 Å². The van der Waals surface area contributed by atoms with Crippen molar-refractivity contribution in [2.45, 2.75) is 70.1 Å². The fraction of sp³-hybridized carbons (Fsp3) is 0.941. The molecule has 2 N–H and O–H groups in total. The third kappa shape index (κ3) is 5.33. The Kier molecular flexibility index (Phi) is 5.92. The average molecular weight is 328 g/mol. The van der Waals surface area contributed by atoms with E-state index in [1.165, 1.54) is 6.42 Å². The maximum Gasteiger partial charge on any atom is 0.410 e. The summed E-state index contributed by atoms with van der Waals surface area (Å²) in [5, 5.41) is 20.1. The van der Waals surface area contributed by atoms with Crippen molar-refractivity contribution in [2.75, 3.05) is 32.8 Å². The number of carbonyl (C=O) groups is 1. The van der Waals surface area contributed by atoms with Gasteiger partial charge in [0.15, 0.2) is 0 Å². The third-order valence-corrected chi connectivity index (χ3v) is 4.70. The zero-order chi connectivity index (χ0) is 17.1. The molecule has 0 atom stereocenters. The highest BCUT2D eigenvalue weighted by Crippen LogP contribution is 2.30. The van der Waals surface area contributed by atoms with Crippen LogP contribution in [-0.2, 0) is 4.74 Å². The minimum atomic E-state index is -0.639. The molecule has 134 valence electrons. The van der Waals surface area contributed by atoms with Gasteiger partial charge in [0.2, 0.25) is 0 Å². The monoisotopic (exact) mass is 328 g/mol. The van der Waals surface area contributed by atoms with E-state index in [9.17, 15) is 15.0 Å². The van der Waals surface area contributed by atoms with Crippen LogP contribution in [0, 0.1) is 0 Å². The van der Waals surface area contributed by atoms with Crippen molar-refractivity contribution in [1.29, 1.82) is 0 Å². The summed E-state index contributed by atoms with van der Waals surface area (Å²) in [6.07, 6.45) is 4.71. The summed E-state index contributed by atoms with van der Waals surface area (Å²) in [6.45, 7) is 7.97. The van der Waals surface area contributed by atoms with E-state index < -0.39 is 11.2 Å². The quantitative estimate of drug-likeness (QED) is 0.802. The largest absolute Gasteiger partial charge is 0.444 e. The molecular formula is C17H32N2O4.